The zero-order chi connectivity index (χ0) is 11.5. The van der Waals surface area contributed by atoms with E-state index in [1.807, 2.05) is 19.9 Å². The average Bonchev–Trinajstić information content (AvgIpc) is 2.15. The Kier molecular flexibility index (Phi) is 2.96. The molecule has 2 aromatic rings. The quantitative estimate of drug-likeness (QED) is 0.809. The van der Waals surface area contributed by atoms with Crippen LogP contribution in [0.25, 0.3) is 0 Å². The van der Waals surface area contributed by atoms with E-state index in [0.717, 1.165) is 11.4 Å². The molecule has 0 aliphatic carbocycles. The summed E-state index contributed by atoms with van der Waals surface area (Å²) in [5, 5.41) is 3.35. The Hall–Kier alpha value is -1.75. The standard InChI is InChI=1S/C10H10ClN5/c1-6-3-7(2)15-10(14-6)16-9-4-8(11)12-5-13-9/h3-5H,1-2H3,(H,12,13,14,15,16). The van der Waals surface area contributed by atoms with E-state index in [1.165, 1.54) is 6.33 Å². The number of rotatable bonds is 2. The fourth-order valence-electron chi connectivity index (χ4n) is 1.30. The van der Waals surface area contributed by atoms with Crippen molar-refractivity contribution in [2.45, 2.75) is 13.8 Å². The van der Waals surface area contributed by atoms with E-state index < -0.39 is 0 Å². The van der Waals surface area contributed by atoms with Crippen LogP contribution >= 0.6 is 11.6 Å². The van der Waals surface area contributed by atoms with E-state index in [4.69, 9.17) is 11.6 Å². The Morgan fingerprint density at radius 1 is 1.06 bits per heavy atom. The van der Waals surface area contributed by atoms with E-state index in [0.29, 0.717) is 16.9 Å². The van der Waals surface area contributed by atoms with Crippen LogP contribution in [0.2, 0.25) is 5.15 Å². The maximum Gasteiger partial charge on any atom is 0.228 e. The molecule has 0 saturated carbocycles. The minimum absolute atomic E-state index is 0.377. The van der Waals surface area contributed by atoms with Gasteiger partial charge in [-0.25, -0.2) is 19.9 Å². The number of hydrogen-bond acceptors (Lipinski definition) is 5. The highest BCUT2D eigenvalue weighted by atomic mass is 35.5. The van der Waals surface area contributed by atoms with Crippen LogP contribution in [-0.4, -0.2) is 19.9 Å². The number of hydrogen-bond donors (Lipinski definition) is 1. The second-order valence-corrected chi connectivity index (χ2v) is 3.71. The number of nitrogens with zero attached hydrogens (tertiary/aromatic N) is 4. The average molecular weight is 236 g/mol. The van der Waals surface area contributed by atoms with E-state index in [2.05, 4.69) is 25.3 Å². The molecule has 0 fully saturated rings. The van der Waals surface area contributed by atoms with Gasteiger partial charge < -0.3 is 5.32 Å². The predicted molar refractivity (Wildman–Crippen MR) is 61.8 cm³/mol. The zero-order valence-electron chi connectivity index (χ0n) is 8.90. The van der Waals surface area contributed by atoms with Crippen molar-refractivity contribution in [3.05, 3.63) is 35.0 Å². The van der Waals surface area contributed by atoms with Crippen LogP contribution in [0.1, 0.15) is 11.4 Å². The number of aryl methyl sites for hydroxylation is 2. The van der Waals surface area contributed by atoms with Gasteiger partial charge in [0.1, 0.15) is 17.3 Å². The third-order valence-electron chi connectivity index (χ3n) is 1.86. The highest BCUT2D eigenvalue weighted by molar-refractivity contribution is 6.29. The first-order valence-electron chi connectivity index (χ1n) is 4.70. The molecular formula is C10H10ClN5. The van der Waals surface area contributed by atoms with Gasteiger partial charge in [-0.1, -0.05) is 11.6 Å². The third kappa shape index (κ3) is 2.64. The molecule has 1 N–H and O–H groups in total. The van der Waals surface area contributed by atoms with Gasteiger partial charge in [0.15, 0.2) is 0 Å². The summed E-state index contributed by atoms with van der Waals surface area (Å²) in [5.41, 5.74) is 1.80. The highest BCUT2D eigenvalue weighted by Gasteiger charge is 2.01. The van der Waals surface area contributed by atoms with Crippen molar-refractivity contribution < 1.29 is 0 Å². The fourth-order valence-corrected chi connectivity index (χ4v) is 1.45. The molecule has 0 radical (unpaired) electrons. The Morgan fingerprint density at radius 3 is 2.38 bits per heavy atom. The van der Waals surface area contributed by atoms with Crippen LogP contribution in [-0.2, 0) is 0 Å². The Morgan fingerprint density at radius 2 is 1.75 bits per heavy atom. The van der Waals surface area contributed by atoms with Crippen molar-refractivity contribution >= 4 is 23.4 Å². The maximum absolute atomic E-state index is 5.74. The van der Waals surface area contributed by atoms with Crippen LogP contribution in [0.15, 0.2) is 18.5 Å². The lowest BCUT2D eigenvalue weighted by Gasteiger charge is -2.05. The minimum Gasteiger partial charge on any atom is -0.309 e. The summed E-state index contributed by atoms with van der Waals surface area (Å²) in [6.45, 7) is 3.82. The van der Waals surface area contributed by atoms with Gasteiger partial charge in [-0.2, -0.15) is 0 Å². The summed E-state index contributed by atoms with van der Waals surface area (Å²) in [6.07, 6.45) is 1.38. The molecule has 0 bridgehead atoms. The summed E-state index contributed by atoms with van der Waals surface area (Å²) in [4.78, 5) is 16.3. The summed E-state index contributed by atoms with van der Waals surface area (Å²) in [6, 6.07) is 3.51. The lowest BCUT2D eigenvalue weighted by molar-refractivity contribution is 1.05. The van der Waals surface area contributed by atoms with Crippen LogP contribution in [0.4, 0.5) is 11.8 Å². The van der Waals surface area contributed by atoms with Gasteiger partial charge in [0.05, 0.1) is 0 Å². The maximum atomic E-state index is 5.74. The second kappa shape index (κ2) is 4.40. The van der Waals surface area contributed by atoms with Crippen molar-refractivity contribution in [2.24, 2.45) is 0 Å². The van der Waals surface area contributed by atoms with Gasteiger partial charge >= 0.3 is 0 Å². The Bertz CT molecular complexity index is 494. The molecular weight excluding hydrogens is 226 g/mol. The lowest BCUT2D eigenvalue weighted by atomic mass is 10.4. The van der Waals surface area contributed by atoms with Crippen molar-refractivity contribution in [3.8, 4) is 0 Å². The Balaban J connectivity index is 2.27. The number of anilines is 2. The van der Waals surface area contributed by atoms with Gasteiger partial charge in [0.25, 0.3) is 0 Å². The summed E-state index contributed by atoms with van der Waals surface area (Å²) in [5.74, 6) is 1.08. The van der Waals surface area contributed by atoms with Crippen molar-refractivity contribution in [1.82, 2.24) is 19.9 Å². The monoisotopic (exact) mass is 235 g/mol. The van der Waals surface area contributed by atoms with Gasteiger partial charge in [-0.15, -0.1) is 0 Å². The molecule has 0 amide bonds. The van der Waals surface area contributed by atoms with Crippen molar-refractivity contribution in [3.63, 3.8) is 0 Å². The highest BCUT2D eigenvalue weighted by Crippen LogP contribution is 2.13. The van der Waals surface area contributed by atoms with Crippen LogP contribution in [0.3, 0.4) is 0 Å². The van der Waals surface area contributed by atoms with Gasteiger partial charge in [-0.05, 0) is 19.9 Å². The van der Waals surface area contributed by atoms with Gasteiger partial charge in [-0.3, -0.25) is 0 Å². The molecule has 2 heterocycles. The van der Waals surface area contributed by atoms with Crippen molar-refractivity contribution in [2.75, 3.05) is 5.32 Å². The lowest BCUT2D eigenvalue weighted by Crippen LogP contribution is -2.01. The molecule has 0 aliphatic heterocycles. The molecule has 0 spiro atoms. The zero-order valence-corrected chi connectivity index (χ0v) is 9.65. The van der Waals surface area contributed by atoms with E-state index in [1.54, 1.807) is 6.07 Å². The molecule has 0 unspecified atom stereocenters. The summed E-state index contributed by atoms with van der Waals surface area (Å²) in [7, 11) is 0. The van der Waals surface area contributed by atoms with Gasteiger partial charge in [0, 0.05) is 17.5 Å². The topological polar surface area (TPSA) is 63.6 Å². The summed E-state index contributed by atoms with van der Waals surface area (Å²) >= 11 is 5.74. The van der Waals surface area contributed by atoms with Gasteiger partial charge in [0.2, 0.25) is 5.95 Å². The molecule has 0 aliphatic rings. The number of nitrogens with one attached hydrogen (secondary N) is 1. The molecule has 0 aromatic carbocycles. The number of aromatic nitrogens is 4. The largest absolute Gasteiger partial charge is 0.309 e. The van der Waals surface area contributed by atoms with E-state index in [-0.39, 0.29) is 0 Å². The molecule has 82 valence electrons. The smallest absolute Gasteiger partial charge is 0.228 e. The minimum atomic E-state index is 0.377. The fraction of sp³-hybridized carbons (Fsp3) is 0.200. The molecule has 6 heteroatoms. The summed E-state index contributed by atoms with van der Waals surface area (Å²) < 4.78 is 0. The molecule has 16 heavy (non-hydrogen) atoms. The van der Waals surface area contributed by atoms with E-state index in [9.17, 15) is 0 Å². The van der Waals surface area contributed by atoms with E-state index >= 15 is 0 Å². The predicted octanol–water partition coefficient (Wildman–Crippen LogP) is 2.28. The van der Waals surface area contributed by atoms with Crippen molar-refractivity contribution in [1.29, 1.82) is 0 Å². The molecule has 2 aromatic heterocycles. The number of halogens is 1. The molecule has 0 atom stereocenters. The molecule has 2 rings (SSSR count). The second-order valence-electron chi connectivity index (χ2n) is 3.33. The first kappa shape index (κ1) is 10.8. The first-order valence-corrected chi connectivity index (χ1v) is 5.08. The first-order chi connectivity index (χ1) is 7.63. The molecule has 5 nitrogen and oxygen atoms in total. The van der Waals surface area contributed by atoms with Crippen LogP contribution < -0.4 is 5.32 Å². The molecule has 0 saturated heterocycles. The van der Waals surface area contributed by atoms with Crippen LogP contribution in [0, 0.1) is 13.8 Å². The van der Waals surface area contributed by atoms with Crippen LogP contribution in [0.5, 0.6) is 0 Å². The normalized spacial score (nSPS) is 10.2. The SMILES string of the molecule is Cc1cc(C)nc(Nc2cc(Cl)ncn2)n1. The Labute approximate surface area is 98.0 Å². The third-order valence-corrected chi connectivity index (χ3v) is 2.06.